The number of nitrogens with one attached hydrogen (secondary N) is 2. The molecule has 6 heteroatoms. The van der Waals surface area contributed by atoms with Crippen LogP contribution in [0.25, 0.3) is 0 Å². The molecule has 1 aliphatic carbocycles. The van der Waals surface area contributed by atoms with E-state index in [9.17, 15) is 9.90 Å². The Kier molecular flexibility index (Phi) is 5.22. The summed E-state index contributed by atoms with van der Waals surface area (Å²) in [7, 11) is 1.88. The molecule has 1 saturated carbocycles. The van der Waals surface area contributed by atoms with Crippen LogP contribution in [0.3, 0.4) is 0 Å². The molecule has 1 heterocycles. The van der Waals surface area contributed by atoms with Crippen molar-refractivity contribution in [3.8, 4) is 0 Å². The highest BCUT2D eigenvalue weighted by Crippen LogP contribution is 2.26. The second kappa shape index (κ2) is 6.93. The quantitative estimate of drug-likeness (QED) is 0.738. The maximum absolute atomic E-state index is 11.8. The van der Waals surface area contributed by atoms with Crippen LogP contribution in [0, 0.1) is 6.92 Å². The normalized spacial score (nSPS) is 18.0. The minimum absolute atomic E-state index is 0.240. The fourth-order valence-electron chi connectivity index (χ4n) is 2.76. The number of amides is 2. The van der Waals surface area contributed by atoms with Gasteiger partial charge in [-0.05, 0) is 19.8 Å². The SMILES string of the molecule is Cc1c(CNC(=O)NCC2(O)CCCCCC2)cnn1C. The van der Waals surface area contributed by atoms with Crippen LogP contribution in [0.2, 0.25) is 0 Å². The Labute approximate surface area is 125 Å². The van der Waals surface area contributed by atoms with Crippen molar-refractivity contribution in [2.75, 3.05) is 6.54 Å². The zero-order valence-corrected chi connectivity index (χ0v) is 13.0. The van der Waals surface area contributed by atoms with Gasteiger partial charge in [-0.2, -0.15) is 5.10 Å². The van der Waals surface area contributed by atoms with Gasteiger partial charge in [0.2, 0.25) is 0 Å². The van der Waals surface area contributed by atoms with Gasteiger partial charge in [-0.15, -0.1) is 0 Å². The number of aliphatic hydroxyl groups is 1. The molecule has 6 nitrogen and oxygen atoms in total. The van der Waals surface area contributed by atoms with E-state index in [2.05, 4.69) is 15.7 Å². The number of urea groups is 1. The van der Waals surface area contributed by atoms with Crippen LogP contribution < -0.4 is 10.6 Å². The Balaban J connectivity index is 1.75. The number of aryl methyl sites for hydroxylation is 1. The molecule has 118 valence electrons. The first-order valence-electron chi connectivity index (χ1n) is 7.72. The minimum Gasteiger partial charge on any atom is -0.388 e. The molecule has 0 aromatic carbocycles. The third-order valence-electron chi connectivity index (χ3n) is 4.39. The van der Waals surface area contributed by atoms with Crippen molar-refractivity contribution in [2.45, 2.75) is 57.6 Å². The van der Waals surface area contributed by atoms with Crippen LogP contribution >= 0.6 is 0 Å². The molecule has 0 saturated heterocycles. The van der Waals surface area contributed by atoms with Crippen molar-refractivity contribution in [2.24, 2.45) is 7.05 Å². The van der Waals surface area contributed by atoms with Crippen LogP contribution in [0.15, 0.2) is 6.20 Å². The van der Waals surface area contributed by atoms with E-state index in [0.717, 1.165) is 36.9 Å². The van der Waals surface area contributed by atoms with Crippen molar-refractivity contribution in [1.29, 1.82) is 0 Å². The predicted molar refractivity (Wildman–Crippen MR) is 80.8 cm³/mol. The van der Waals surface area contributed by atoms with Gasteiger partial charge in [-0.1, -0.05) is 25.7 Å². The first-order chi connectivity index (χ1) is 10.0. The fraction of sp³-hybridized carbons (Fsp3) is 0.733. The Morgan fingerprint density at radius 2 is 2.00 bits per heavy atom. The minimum atomic E-state index is -0.738. The van der Waals surface area contributed by atoms with Crippen molar-refractivity contribution >= 4 is 6.03 Å². The third-order valence-corrected chi connectivity index (χ3v) is 4.39. The zero-order chi connectivity index (χ0) is 15.3. The van der Waals surface area contributed by atoms with Crippen LogP contribution in [0.5, 0.6) is 0 Å². The number of aromatic nitrogens is 2. The van der Waals surface area contributed by atoms with Crippen molar-refractivity contribution in [3.63, 3.8) is 0 Å². The van der Waals surface area contributed by atoms with E-state index in [1.165, 1.54) is 12.8 Å². The number of carbonyl (C=O) groups is 1. The lowest BCUT2D eigenvalue weighted by atomic mass is 9.95. The van der Waals surface area contributed by atoms with Gasteiger partial charge < -0.3 is 15.7 Å². The summed E-state index contributed by atoms with van der Waals surface area (Å²) in [5, 5.41) is 20.2. The van der Waals surface area contributed by atoms with Gasteiger partial charge in [-0.3, -0.25) is 4.68 Å². The summed E-state index contributed by atoms with van der Waals surface area (Å²) in [6.45, 7) is 2.74. The van der Waals surface area contributed by atoms with Gasteiger partial charge in [0.15, 0.2) is 0 Å². The van der Waals surface area contributed by atoms with E-state index < -0.39 is 5.60 Å². The highest BCUT2D eigenvalue weighted by Gasteiger charge is 2.28. The fourth-order valence-corrected chi connectivity index (χ4v) is 2.76. The largest absolute Gasteiger partial charge is 0.388 e. The Bertz CT molecular complexity index is 476. The molecule has 1 aliphatic rings. The summed E-state index contributed by atoms with van der Waals surface area (Å²) in [5.41, 5.74) is 1.30. The molecule has 1 aromatic heterocycles. The average Bonchev–Trinajstić information content (AvgIpc) is 2.66. The highest BCUT2D eigenvalue weighted by atomic mass is 16.3. The van der Waals surface area contributed by atoms with Crippen LogP contribution in [-0.4, -0.2) is 33.1 Å². The lowest BCUT2D eigenvalue weighted by Crippen LogP contribution is -2.46. The smallest absolute Gasteiger partial charge is 0.315 e. The Morgan fingerprint density at radius 3 is 2.57 bits per heavy atom. The number of hydrogen-bond donors (Lipinski definition) is 3. The van der Waals surface area contributed by atoms with E-state index in [0.29, 0.717) is 13.1 Å². The lowest BCUT2D eigenvalue weighted by Gasteiger charge is -2.26. The Morgan fingerprint density at radius 1 is 1.33 bits per heavy atom. The molecule has 0 atom stereocenters. The molecule has 2 amide bonds. The molecule has 0 unspecified atom stereocenters. The topological polar surface area (TPSA) is 79.2 Å². The van der Waals surface area contributed by atoms with Crippen molar-refractivity contribution < 1.29 is 9.90 Å². The van der Waals surface area contributed by atoms with Gasteiger partial charge in [0.1, 0.15) is 0 Å². The van der Waals surface area contributed by atoms with Gasteiger partial charge in [0.25, 0.3) is 0 Å². The van der Waals surface area contributed by atoms with Crippen LogP contribution in [-0.2, 0) is 13.6 Å². The summed E-state index contributed by atoms with van der Waals surface area (Å²) < 4.78 is 1.78. The second-order valence-electron chi connectivity index (χ2n) is 6.05. The molecule has 0 bridgehead atoms. The maximum Gasteiger partial charge on any atom is 0.315 e. The monoisotopic (exact) mass is 294 g/mol. The van der Waals surface area contributed by atoms with E-state index >= 15 is 0 Å². The molecule has 3 N–H and O–H groups in total. The van der Waals surface area contributed by atoms with E-state index in [-0.39, 0.29) is 6.03 Å². The van der Waals surface area contributed by atoms with Crippen LogP contribution in [0.4, 0.5) is 4.79 Å². The van der Waals surface area contributed by atoms with Gasteiger partial charge in [-0.25, -0.2) is 4.79 Å². The maximum atomic E-state index is 11.8. The van der Waals surface area contributed by atoms with Crippen molar-refractivity contribution in [3.05, 3.63) is 17.5 Å². The first-order valence-corrected chi connectivity index (χ1v) is 7.72. The van der Waals surface area contributed by atoms with Crippen LogP contribution in [0.1, 0.15) is 49.8 Å². The second-order valence-corrected chi connectivity index (χ2v) is 6.05. The molecule has 1 fully saturated rings. The van der Waals surface area contributed by atoms with E-state index in [4.69, 9.17) is 0 Å². The zero-order valence-electron chi connectivity index (χ0n) is 13.0. The lowest BCUT2D eigenvalue weighted by molar-refractivity contribution is 0.0276. The van der Waals surface area contributed by atoms with E-state index in [1.54, 1.807) is 10.9 Å². The molecule has 0 aliphatic heterocycles. The summed E-state index contributed by atoms with van der Waals surface area (Å²) in [4.78, 5) is 11.8. The standard InChI is InChI=1S/C15H26N4O2/c1-12-13(10-18-19(12)2)9-16-14(20)17-11-15(21)7-5-3-4-6-8-15/h10,21H,3-9,11H2,1-2H3,(H2,16,17,20). The van der Waals surface area contributed by atoms with Gasteiger partial charge in [0.05, 0.1) is 11.8 Å². The highest BCUT2D eigenvalue weighted by molar-refractivity contribution is 5.73. The van der Waals surface area contributed by atoms with Gasteiger partial charge in [0, 0.05) is 31.4 Å². The number of nitrogens with zero attached hydrogens (tertiary/aromatic N) is 2. The molecule has 0 radical (unpaired) electrons. The van der Waals surface area contributed by atoms with Gasteiger partial charge >= 0.3 is 6.03 Å². The molecule has 2 rings (SSSR count). The summed E-state index contributed by atoms with van der Waals surface area (Å²) >= 11 is 0. The average molecular weight is 294 g/mol. The number of rotatable bonds is 4. The summed E-state index contributed by atoms with van der Waals surface area (Å²) in [5.74, 6) is 0. The molecular formula is C15H26N4O2. The van der Waals surface area contributed by atoms with E-state index in [1.807, 2.05) is 14.0 Å². The number of carbonyl (C=O) groups excluding carboxylic acids is 1. The first kappa shape index (κ1) is 15.8. The molecule has 1 aromatic rings. The third kappa shape index (κ3) is 4.46. The predicted octanol–water partition coefficient (Wildman–Crippen LogP) is 1.61. The molecule has 0 spiro atoms. The van der Waals surface area contributed by atoms with Crippen molar-refractivity contribution in [1.82, 2.24) is 20.4 Å². The summed E-state index contributed by atoms with van der Waals surface area (Å²) in [6.07, 6.45) is 7.73. The summed E-state index contributed by atoms with van der Waals surface area (Å²) in [6, 6.07) is -0.240. The number of hydrogen-bond acceptors (Lipinski definition) is 3. The Hall–Kier alpha value is -1.56. The molecule has 21 heavy (non-hydrogen) atoms. The molecular weight excluding hydrogens is 268 g/mol.